The number of nitrogens with one attached hydrogen (secondary N) is 1. The Bertz CT molecular complexity index is 375. The van der Waals surface area contributed by atoms with Crippen molar-refractivity contribution < 1.29 is 9.59 Å². The number of carbonyl (C=O) groups excluding carboxylic acids is 2. The molecule has 1 saturated heterocycles. The fourth-order valence-electron chi connectivity index (χ4n) is 3.48. The largest absolute Gasteiger partial charge is 0.344 e. The van der Waals surface area contributed by atoms with Gasteiger partial charge in [-0.2, -0.15) is 0 Å². The van der Waals surface area contributed by atoms with Crippen LogP contribution in [0.3, 0.4) is 0 Å². The molecule has 0 spiro atoms. The van der Waals surface area contributed by atoms with Gasteiger partial charge in [-0.3, -0.25) is 9.59 Å². The molecule has 2 rings (SSSR count). The number of carbonyl (C=O) groups is 2. The molecule has 0 aromatic carbocycles. The Morgan fingerprint density at radius 2 is 1.90 bits per heavy atom. The molecular weight excluding hydrogens is 264 g/mol. The second kappa shape index (κ2) is 7.28. The predicted octanol–water partition coefficient (Wildman–Crippen LogP) is 2.58. The van der Waals surface area contributed by atoms with Crippen molar-refractivity contribution in [1.29, 1.82) is 0 Å². The quantitative estimate of drug-likeness (QED) is 0.866. The van der Waals surface area contributed by atoms with Crippen LogP contribution >= 0.6 is 0 Å². The summed E-state index contributed by atoms with van der Waals surface area (Å²) in [6.45, 7) is 7.86. The van der Waals surface area contributed by atoms with E-state index in [1.54, 1.807) is 0 Å². The lowest BCUT2D eigenvalue weighted by Crippen LogP contribution is -2.49. The first-order chi connectivity index (χ1) is 10.0. The van der Waals surface area contributed by atoms with Crippen molar-refractivity contribution in [3.05, 3.63) is 0 Å². The maximum absolute atomic E-state index is 12.7. The van der Waals surface area contributed by atoms with Crippen LogP contribution in [0.2, 0.25) is 0 Å². The van der Waals surface area contributed by atoms with Crippen molar-refractivity contribution in [2.45, 2.75) is 65.3 Å². The van der Waals surface area contributed by atoms with E-state index in [1.165, 1.54) is 25.7 Å². The van der Waals surface area contributed by atoms with Gasteiger partial charge in [0.05, 0.1) is 0 Å². The summed E-state index contributed by atoms with van der Waals surface area (Å²) in [7, 11) is 0. The normalized spacial score (nSPS) is 32.5. The van der Waals surface area contributed by atoms with Gasteiger partial charge in [0.2, 0.25) is 11.8 Å². The van der Waals surface area contributed by atoms with Gasteiger partial charge in [-0.25, -0.2) is 0 Å². The summed E-state index contributed by atoms with van der Waals surface area (Å²) in [5.74, 6) is 1.81. The number of amides is 2. The highest BCUT2D eigenvalue weighted by Crippen LogP contribution is 2.29. The minimum Gasteiger partial charge on any atom is -0.344 e. The Morgan fingerprint density at radius 3 is 2.52 bits per heavy atom. The average molecular weight is 294 g/mol. The Morgan fingerprint density at radius 1 is 1.24 bits per heavy atom. The monoisotopic (exact) mass is 294 g/mol. The van der Waals surface area contributed by atoms with Crippen molar-refractivity contribution in [1.82, 2.24) is 10.2 Å². The van der Waals surface area contributed by atoms with Gasteiger partial charge in [0.25, 0.3) is 0 Å². The molecular formula is C17H30N2O2. The van der Waals surface area contributed by atoms with Crippen molar-refractivity contribution in [3.8, 4) is 0 Å². The van der Waals surface area contributed by atoms with E-state index >= 15 is 0 Å². The lowest BCUT2D eigenvalue weighted by atomic mass is 9.82. The first kappa shape index (κ1) is 16.3. The molecule has 1 N–H and O–H groups in total. The molecule has 2 atom stereocenters. The van der Waals surface area contributed by atoms with Crippen molar-refractivity contribution in [2.75, 3.05) is 13.1 Å². The van der Waals surface area contributed by atoms with Crippen LogP contribution in [0, 0.1) is 17.8 Å². The zero-order valence-electron chi connectivity index (χ0n) is 13.7. The Kier molecular flexibility index (Phi) is 5.65. The van der Waals surface area contributed by atoms with E-state index in [-0.39, 0.29) is 23.8 Å². The summed E-state index contributed by atoms with van der Waals surface area (Å²) in [6, 6.07) is -0.326. The van der Waals surface area contributed by atoms with Crippen LogP contribution in [0.4, 0.5) is 0 Å². The van der Waals surface area contributed by atoms with Gasteiger partial charge in [-0.15, -0.1) is 0 Å². The van der Waals surface area contributed by atoms with Crippen LogP contribution in [-0.4, -0.2) is 35.8 Å². The van der Waals surface area contributed by atoms with Gasteiger partial charge >= 0.3 is 0 Å². The summed E-state index contributed by atoms with van der Waals surface area (Å²) in [4.78, 5) is 26.5. The Hall–Kier alpha value is -1.06. The molecule has 0 bridgehead atoms. The molecule has 1 heterocycles. The topological polar surface area (TPSA) is 49.4 Å². The van der Waals surface area contributed by atoms with Crippen LogP contribution in [0.1, 0.15) is 59.3 Å². The number of hydrogen-bond donors (Lipinski definition) is 1. The van der Waals surface area contributed by atoms with Gasteiger partial charge in [0, 0.05) is 19.5 Å². The van der Waals surface area contributed by atoms with Gasteiger partial charge in [-0.1, -0.05) is 40.0 Å². The first-order valence-corrected chi connectivity index (χ1v) is 8.59. The molecule has 2 amide bonds. The molecule has 21 heavy (non-hydrogen) atoms. The van der Waals surface area contributed by atoms with E-state index < -0.39 is 0 Å². The number of nitrogens with zero attached hydrogens (tertiary/aromatic N) is 1. The zero-order valence-corrected chi connectivity index (χ0v) is 13.7. The summed E-state index contributed by atoms with van der Waals surface area (Å²) in [6.07, 6.45) is 6.35. The fourth-order valence-corrected chi connectivity index (χ4v) is 3.48. The fraction of sp³-hybridized carbons (Fsp3) is 0.882. The SMILES string of the molecule is CCC(C)C1NC(=O)CCN(CC2CCC(C)CC2)C1=O. The van der Waals surface area contributed by atoms with Crippen LogP contribution < -0.4 is 5.32 Å². The lowest BCUT2D eigenvalue weighted by Gasteiger charge is -2.33. The van der Waals surface area contributed by atoms with E-state index in [1.807, 2.05) is 4.90 Å². The third-order valence-corrected chi connectivity index (χ3v) is 5.33. The summed E-state index contributed by atoms with van der Waals surface area (Å²) in [5.41, 5.74) is 0. The number of hydrogen-bond acceptors (Lipinski definition) is 2. The molecule has 2 unspecified atom stereocenters. The second-order valence-electron chi connectivity index (χ2n) is 7.09. The lowest BCUT2D eigenvalue weighted by molar-refractivity contribution is -0.135. The molecule has 0 aromatic rings. The van der Waals surface area contributed by atoms with E-state index in [2.05, 4.69) is 26.1 Å². The summed E-state index contributed by atoms with van der Waals surface area (Å²) < 4.78 is 0. The highest BCUT2D eigenvalue weighted by atomic mass is 16.2. The van der Waals surface area contributed by atoms with Crippen molar-refractivity contribution in [2.24, 2.45) is 17.8 Å². The molecule has 2 fully saturated rings. The van der Waals surface area contributed by atoms with Gasteiger partial charge < -0.3 is 10.2 Å². The van der Waals surface area contributed by atoms with Crippen molar-refractivity contribution in [3.63, 3.8) is 0 Å². The van der Waals surface area contributed by atoms with Crippen LogP contribution in [-0.2, 0) is 9.59 Å². The smallest absolute Gasteiger partial charge is 0.245 e. The summed E-state index contributed by atoms with van der Waals surface area (Å²) in [5, 5.41) is 2.92. The predicted molar refractivity (Wildman–Crippen MR) is 83.7 cm³/mol. The molecule has 1 saturated carbocycles. The Labute approximate surface area is 128 Å². The highest BCUT2D eigenvalue weighted by Gasteiger charge is 2.34. The standard InChI is InChI=1S/C17H30N2O2/c1-4-13(3)16-17(21)19(10-9-15(20)18-16)11-14-7-5-12(2)6-8-14/h12-14,16H,4-11H2,1-3H3,(H,18,20). The maximum Gasteiger partial charge on any atom is 0.245 e. The van der Waals surface area contributed by atoms with Crippen LogP contribution in [0.15, 0.2) is 0 Å². The van der Waals surface area contributed by atoms with E-state index in [4.69, 9.17) is 0 Å². The number of rotatable bonds is 4. The molecule has 1 aliphatic carbocycles. The Balaban J connectivity index is 2.00. The highest BCUT2D eigenvalue weighted by molar-refractivity contribution is 5.90. The molecule has 4 nitrogen and oxygen atoms in total. The molecule has 2 aliphatic rings. The van der Waals surface area contributed by atoms with E-state index in [0.717, 1.165) is 18.9 Å². The third kappa shape index (κ3) is 4.21. The van der Waals surface area contributed by atoms with Crippen LogP contribution in [0.5, 0.6) is 0 Å². The molecule has 0 aromatic heterocycles. The van der Waals surface area contributed by atoms with Gasteiger partial charge in [0.1, 0.15) is 6.04 Å². The van der Waals surface area contributed by atoms with Gasteiger partial charge in [0.15, 0.2) is 0 Å². The maximum atomic E-state index is 12.7. The molecule has 4 heteroatoms. The minimum atomic E-state index is -0.326. The van der Waals surface area contributed by atoms with E-state index in [9.17, 15) is 9.59 Å². The third-order valence-electron chi connectivity index (χ3n) is 5.33. The van der Waals surface area contributed by atoms with E-state index in [0.29, 0.717) is 18.9 Å². The second-order valence-corrected chi connectivity index (χ2v) is 7.09. The summed E-state index contributed by atoms with van der Waals surface area (Å²) >= 11 is 0. The average Bonchev–Trinajstić information content (AvgIpc) is 2.62. The minimum absolute atomic E-state index is 0.0217. The first-order valence-electron chi connectivity index (χ1n) is 8.59. The molecule has 120 valence electrons. The molecule has 1 aliphatic heterocycles. The van der Waals surface area contributed by atoms with Crippen LogP contribution in [0.25, 0.3) is 0 Å². The van der Waals surface area contributed by atoms with Crippen molar-refractivity contribution >= 4 is 11.8 Å². The zero-order chi connectivity index (χ0) is 15.4. The van der Waals surface area contributed by atoms with Gasteiger partial charge in [-0.05, 0) is 30.6 Å². The molecule has 0 radical (unpaired) electrons.